The molecular formula is C13H20N6. The number of nitrogens with one attached hydrogen (secondary N) is 1. The van der Waals surface area contributed by atoms with Crippen molar-refractivity contribution in [3.63, 3.8) is 0 Å². The number of anilines is 2. The molecule has 0 saturated heterocycles. The summed E-state index contributed by atoms with van der Waals surface area (Å²) in [6.45, 7) is 4.28. The maximum Gasteiger partial charge on any atom is 0.225 e. The van der Waals surface area contributed by atoms with E-state index in [2.05, 4.69) is 39.8 Å². The molecule has 2 heterocycles. The van der Waals surface area contributed by atoms with Crippen molar-refractivity contribution in [1.82, 2.24) is 19.9 Å². The summed E-state index contributed by atoms with van der Waals surface area (Å²) >= 11 is 0. The highest BCUT2D eigenvalue weighted by atomic mass is 15.1. The van der Waals surface area contributed by atoms with E-state index in [0.29, 0.717) is 11.7 Å². The number of aromatic amines is 1. The third-order valence-corrected chi connectivity index (χ3v) is 3.48. The molecule has 0 aliphatic heterocycles. The average Bonchev–Trinajstić information content (AvgIpc) is 2.87. The van der Waals surface area contributed by atoms with Gasteiger partial charge < -0.3 is 16.5 Å². The molecule has 5 N–H and O–H groups in total. The summed E-state index contributed by atoms with van der Waals surface area (Å²) in [5.41, 5.74) is 12.4. The molecule has 19 heavy (non-hydrogen) atoms. The molecule has 2 rings (SSSR count). The number of nitrogens with zero attached hydrogens (tertiary/aromatic N) is 3. The van der Waals surface area contributed by atoms with Crippen LogP contribution in [0.3, 0.4) is 0 Å². The first-order chi connectivity index (χ1) is 9.06. The second-order valence-electron chi connectivity index (χ2n) is 4.91. The minimum Gasteiger partial charge on any atom is -0.368 e. The van der Waals surface area contributed by atoms with Gasteiger partial charge in [-0.15, -0.1) is 0 Å². The van der Waals surface area contributed by atoms with Gasteiger partial charge in [0.05, 0.1) is 0 Å². The van der Waals surface area contributed by atoms with E-state index < -0.39 is 0 Å². The summed E-state index contributed by atoms with van der Waals surface area (Å²) < 4.78 is 0. The van der Waals surface area contributed by atoms with Gasteiger partial charge >= 0.3 is 0 Å². The van der Waals surface area contributed by atoms with E-state index >= 15 is 0 Å². The van der Waals surface area contributed by atoms with Gasteiger partial charge in [0.1, 0.15) is 5.82 Å². The number of H-pyrrole nitrogens is 1. The molecule has 2 aromatic heterocycles. The largest absolute Gasteiger partial charge is 0.368 e. The van der Waals surface area contributed by atoms with Gasteiger partial charge in [-0.25, -0.2) is 0 Å². The van der Waals surface area contributed by atoms with Crippen LogP contribution < -0.4 is 11.5 Å². The zero-order valence-corrected chi connectivity index (χ0v) is 11.3. The molecule has 0 aliphatic carbocycles. The summed E-state index contributed by atoms with van der Waals surface area (Å²) in [6, 6.07) is 4.10. The van der Waals surface area contributed by atoms with Gasteiger partial charge in [0, 0.05) is 17.8 Å². The molecule has 0 bridgehead atoms. The van der Waals surface area contributed by atoms with Crippen LogP contribution in [0.15, 0.2) is 18.3 Å². The van der Waals surface area contributed by atoms with Crippen molar-refractivity contribution in [2.75, 3.05) is 11.5 Å². The number of aryl methyl sites for hydroxylation is 1. The van der Waals surface area contributed by atoms with Gasteiger partial charge in [-0.3, -0.25) is 0 Å². The molecule has 0 aliphatic rings. The van der Waals surface area contributed by atoms with Gasteiger partial charge in [0.25, 0.3) is 0 Å². The topological polar surface area (TPSA) is 106 Å². The Hall–Kier alpha value is -2.11. The summed E-state index contributed by atoms with van der Waals surface area (Å²) in [6.07, 6.45) is 4.00. The molecular weight excluding hydrogens is 240 g/mol. The number of hydrogen-bond donors (Lipinski definition) is 3. The fourth-order valence-corrected chi connectivity index (χ4v) is 2.04. The summed E-state index contributed by atoms with van der Waals surface area (Å²) in [5.74, 6) is 1.67. The predicted octanol–water partition coefficient (Wildman–Crippen LogP) is 1.74. The highest BCUT2D eigenvalue weighted by Crippen LogP contribution is 2.25. The number of aromatic nitrogens is 4. The molecule has 2 unspecified atom stereocenters. The van der Waals surface area contributed by atoms with E-state index in [1.165, 1.54) is 5.69 Å². The van der Waals surface area contributed by atoms with Crippen molar-refractivity contribution in [3.8, 4) is 0 Å². The quantitative estimate of drug-likeness (QED) is 0.759. The van der Waals surface area contributed by atoms with E-state index in [4.69, 9.17) is 11.5 Å². The van der Waals surface area contributed by atoms with Crippen LogP contribution in [-0.2, 0) is 6.42 Å². The van der Waals surface area contributed by atoms with Gasteiger partial charge in [0.2, 0.25) is 11.9 Å². The number of nitrogen functional groups attached to an aromatic ring is 2. The molecule has 0 saturated carbocycles. The van der Waals surface area contributed by atoms with Gasteiger partial charge in [-0.05, 0) is 30.9 Å². The Bertz CT molecular complexity index is 502. The van der Waals surface area contributed by atoms with Crippen LogP contribution in [0.5, 0.6) is 0 Å². The molecule has 0 radical (unpaired) electrons. The van der Waals surface area contributed by atoms with Crippen LogP contribution in [-0.4, -0.2) is 19.9 Å². The minimum absolute atomic E-state index is 0.186. The van der Waals surface area contributed by atoms with E-state index in [9.17, 15) is 0 Å². The van der Waals surface area contributed by atoms with Crippen LogP contribution in [0.2, 0.25) is 0 Å². The van der Waals surface area contributed by atoms with Crippen molar-refractivity contribution < 1.29 is 0 Å². The van der Waals surface area contributed by atoms with E-state index in [1.807, 2.05) is 12.3 Å². The second-order valence-corrected chi connectivity index (χ2v) is 4.91. The average molecular weight is 260 g/mol. The predicted molar refractivity (Wildman–Crippen MR) is 75.3 cm³/mol. The van der Waals surface area contributed by atoms with Crippen LogP contribution in [0.4, 0.5) is 11.9 Å². The van der Waals surface area contributed by atoms with Crippen molar-refractivity contribution >= 4 is 11.9 Å². The molecule has 102 valence electrons. The highest BCUT2D eigenvalue weighted by molar-refractivity contribution is 5.26. The number of hydrogen-bond acceptors (Lipinski definition) is 5. The molecule has 0 amide bonds. The Morgan fingerprint density at radius 1 is 1.16 bits per heavy atom. The molecule has 0 aromatic carbocycles. The Balaban J connectivity index is 1.99. The first-order valence-electron chi connectivity index (χ1n) is 6.45. The lowest BCUT2D eigenvalue weighted by Gasteiger charge is -2.18. The maximum absolute atomic E-state index is 5.60. The van der Waals surface area contributed by atoms with Crippen LogP contribution in [0.1, 0.15) is 37.7 Å². The molecule has 0 fully saturated rings. The summed E-state index contributed by atoms with van der Waals surface area (Å²) in [5, 5.41) is 0. The monoisotopic (exact) mass is 260 g/mol. The minimum atomic E-state index is 0.186. The third kappa shape index (κ3) is 3.43. The molecule has 2 aromatic rings. The Morgan fingerprint density at radius 2 is 1.84 bits per heavy atom. The zero-order chi connectivity index (χ0) is 13.8. The van der Waals surface area contributed by atoms with Crippen molar-refractivity contribution in [2.45, 2.75) is 32.6 Å². The lowest BCUT2D eigenvalue weighted by Crippen LogP contribution is -2.14. The van der Waals surface area contributed by atoms with Crippen LogP contribution in [0, 0.1) is 5.92 Å². The number of rotatable bonds is 5. The maximum atomic E-state index is 5.60. The zero-order valence-electron chi connectivity index (χ0n) is 11.3. The van der Waals surface area contributed by atoms with Gasteiger partial charge in [-0.2, -0.15) is 15.0 Å². The first kappa shape index (κ1) is 13.3. The molecule has 6 nitrogen and oxygen atoms in total. The van der Waals surface area contributed by atoms with Crippen molar-refractivity contribution in [1.29, 1.82) is 0 Å². The Labute approximate surface area is 112 Å². The van der Waals surface area contributed by atoms with E-state index in [0.717, 1.165) is 12.8 Å². The molecule has 0 spiro atoms. The Kier molecular flexibility index (Phi) is 3.99. The normalized spacial score (nSPS) is 14.2. The third-order valence-electron chi connectivity index (χ3n) is 3.48. The highest BCUT2D eigenvalue weighted by Gasteiger charge is 2.18. The van der Waals surface area contributed by atoms with Crippen LogP contribution in [0.25, 0.3) is 0 Å². The fraction of sp³-hybridized carbons (Fsp3) is 0.462. The summed E-state index contributed by atoms with van der Waals surface area (Å²) in [4.78, 5) is 15.3. The van der Waals surface area contributed by atoms with E-state index in [1.54, 1.807) is 0 Å². The first-order valence-corrected chi connectivity index (χ1v) is 6.45. The van der Waals surface area contributed by atoms with Crippen molar-refractivity contribution in [2.24, 2.45) is 5.92 Å². The van der Waals surface area contributed by atoms with Gasteiger partial charge in [-0.1, -0.05) is 13.8 Å². The lowest BCUT2D eigenvalue weighted by molar-refractivity contribution is 0.436. The van der Waals surface area contributed by atoms with E-state index in [-0.39, 0.29) is 17.8 Å². The molecule has 2 atom stereocenters. The van der Waals surface area contributed by atoms with Crippen molar-refractivity contribution in [3.05, 3.63) is 29.8 Å². The van der Waals surface area contributed by atoms with Gasteiger partial charge in [0.15, 0.2) is 0 Å². The smallest absolute Gasteiger partial charge is 0.225 e. The molecule has 6 heteroatoms. The lowest BCUT2D eigenvalue weighted by atomic mass is 9.90. The SMILES string of the molecule is CC(CCc1ccc[nH]1)C(C)c1nc(N)nc(N)n1. The standard InChI is InChI=1S/C13H20N6/c1-8(5-6-10-4-3-7-16-10)9(2)11-17-12(14)19-13(15)18-11/h3-4,7-9,16H,5-6H2,1-2H3,(H4,14,15,17,18,19). The number of nitrogens with two attached hydrogens (primary N) is 2. The Morgan fingerprint density at radius 3 is 2.42 bits per heavy atom. The van der Waals surface area contributed by atoms with Crippen LogP contribution >= 0.6 is 0 Å². The second kappa shape index (κ2) is 5.69. The fourth-order valence-electron chi connectivity index (χ4n) is 2.04. The summed E-state index contributed by atoms with van der Waals surface area (Å²) in [7, 11) is 0.